The number of aromatic nitrogens is 2. The van der Waals surface area contributed by atoms with Gasteiger partial charge in [0.15, 0.2) is 6.04 Å². The fourth-order valence-electron chi connectivity index (χ4n) is 4.43. The molecule has 7 nitrogen and oxygen atoms in total. The minimum Gasteiger partial charge on any atom is -0.479 e. The predicted octanol–water partition coefficient (Wildman–Crippen LogP) is 3.34. The summed E-state index contributed by atoms with van der Waals surface area (Å²) in [6.45, 7) is 0.427. The maximum Gasteiger partial charge on any atom is 0.410 e. The molecule has 1 aliphatic heterocycles. The Labute approximate surface area is 166 Å². The lowest BCUT2D eigenvalue weighted by molar-refractivity contribution is -0.143. The topological polar surface area (TPSA) is 95.5 Å². The summed E-state index contributed by atoms with van der Waals surface area (Å²) in [5.41, 5.74) is 5.79. The number of rotatable bonds is 3. The molecule has 0 saturated heterocycles. The van der Waals surface area contributed by atoms with Crippen molar-refractivity contribution in [2.75, 3.05) is 13.2 Å². The van der Waals surface area contributed by atoms with Crippen LogP contribution in [0.1, 0.15) is 34.3 Å². The largest absolute Gasteiger partial charge is 0.479 e. The van der Waals surface area contributed by atoms with E-state index in [1.165, 1.54) is 11.1 Å². The zero-order valence-corrected chi connectivity index (χ0v) is 15.5. The molecule has 5 rings (SSSR count). The molecule has 7 heteroatoms. The molecule has 29 heavy (non-hydrogen) atoms. The molecule has 146 valence electrons. The molecule has 3 aromatic rings. The number of amides is 1. The van der Waals surface area contributed by atoms with Crippen LogP contribution < -0.4 is 0 Å². The van der Waals surface area contributed by atoms with Crippen LogP contribution in [0.4, 0.5) is 4.79 Å². The standard InChI is InChI=1S/C22H19N3O4/c26-21(27)20-17-11-23-24-19(17)9-10-25(20)22(28)29-12-18-15-7-3-1-5-13(15)14-6-2-4-8-16(14)18/h1-8,11,18,20H,9-10,12H2,(H,23,24)(H,26,27). The molecule has 1 aliphatic carbocycles. The molecule has 0 fully saturated rings. The third-order valence-electron chi connectivity index (χ3n) is 5.77. The number of hydrogen-bond donors (Lipinski definition) is 2. The SMILES string of the molecule is O=C(O)C1c2cn[nH]c2CCN1C(=O)OCC1c2ccccc2-c2ccccc21. The molecule has 0 saturated carbocycles. The van der Waals surface area contributed by atoms with Gasteiger partial charge in [-0.3, -0.25) is 10.00 Å². The highest BCUT2D eigenvalue weighted by Gasteiger charge is 2.38. The second-order valence-corrected chi connectivity index (χ2v) is 7.29. The quantitative estimate of drug-likeness (QED) is 0.716. The Morgan fingerprint density at radius 2 is 1.72 bits per heavy atom. The van der Waals surface area contributed by atoms with Crippen molar-refractivity contribution in [3.8, 4) is 11.1 Å². The van der Waals surface area contributed by atoms with Gasteiger partial charge in [0, 0.05) is 30.1 Å². The molecule has 2 aromatic carbocycles. The number of carboxylic acids is 1. The van der Waals surface area contributed by atoms with E-state index in [2.05, 4.69) is 22.3 Å². The summed E-state index contributed by atoms with van der Waals surface area (Å²) in [5.74, 6) is -1.16. The van der Waals surface area contributed by atoms with Crippen LogP contribution >= 0.6 is 0 Å². The smallest absolute Gasteiger partial charge is 0.410 e. The molecule has 2 N–H and O–H groups in total. The van der Waals surface area contributed by atoms with E-state index >= 15 is 0 Å². The molecular formula is C22H19N3O4. The number of H-pyrrole nitrogens is 1. The Morgan fingerprint density at radius 1 is 1.07 bits per heavy atom. The van der Waals surface area contributed by atoms with Gasteiger partial charge in [-0.05, 0) is 22.3 Å². The minimum atomic E-state index is -1.10. The first kappa shape index (κ1) is 17.5. The van der Waals surface area contributed by atoms with Gasteiger partial charge in [-0.15, -0.1) is 0 Å². The Bertz CT molecular complexity index is 1060. The minimum absolute atomic E-state index is 0.0658. The van der Waals surface area contributed by atoms with Crippen molar-refractivity contribution in [3.05, 3.63) is 77.1 Å². The summed E-state index contributed by atoms with van der Waals surface area (Å²) in [7, 11) is 0. The molecule has 1 atom stereocenters. The van der Waals surface area contributed by atoms with Gasteiger partial charge >= 0.3 is 12.1 Å². The van der Waals surface area contributed by atoms with E-state index in [-0.39, 0.29) is 19.1 Å². The summed E-state index contributed by atoms with van der Waals surface area (Å²) < 4.78 is 5.64. The van der Waals surface area contributed by atoms with Gasteiger partial charge in [0.2, 0.25) is 0 Å². The Balaban J connectivity index is 1.38. The van der Waals surface area contributed by atoms with Crippen molar-refractivity contribution in [1.29, 1.82) is 0 Å². The zero-order valence-electron chi connectivity index (χ0n) is 15.5. The van der Waals surface area contributed by atoms with Gasteiger partial charge in [0.1, 0.15) is 6.61 Å². The number of carboxylic acid groups (broad SMARTS) is 1. The first-order valence-corrected chi connectivity index (χ1v) is 9.51. The van der Waals surface area contributed by atoms with E-state index in [0.29, 0.717) is 12.0 Å². The van der Waals surface area contributed by atoms with Gasteiger partial charge in [-0.2, -0.15) is 5.10 Å². The lowest BCUT2D eigenvalue weighted by atomic mass is 9.98. The number of benzene rings is 2. The fourth-order valence-corrected chi connectivity index (χ4v) is 4.43. The van der Waals surface area contributed by atoms with Crippen molar-refractivity contribution in [3.63, 3.8) is 0 Å². The van der Waals surface area contributed by atoms with Crippen molar-refractivity contribution in [1.82, 2.24) is 15.1 Å². The van der Waals surface area contributed by atoms with Crippen molar-refractivity contribution < 1.29 is 19.4 Å². The average Bonchev–Trinajstić information content (AvgIpc) is 3.34. The van der Waals surface area contributed by atoms with Crippen LogP contribution in [0.25, 0.3) is 11.1 Å². The van der Waals surface area contributed by atoms with Gasteiger partial charge in [-0.25, -0.2) is 9.59 Å². The van der Waals surface area contributed by atoms with Gasteiger partial charge < -0.3 is 9.84 Å². The summed E-state index contributed by atoms with van der Waals surface area (Å²) in [4.78, 5) is 25.9. The van der Waals surface area contributed by atoms with Crippen LogP contribution in [0, 0.1) is 0 Å². The molecule has 1 amide bonds. The Morgan fingerprint density at radius 3 is 2.38 bits per heavy atom. The molecular weight excluding hydrogens is 370 g/mol. The van der Waals surface area contributed by atoms with Crippen LogP contribution in [0.3, 0.4) is 0 Å². The van der Waals surface area contributed by atoms with Crippen molar-refractivity contribution in [2.24, 2.45) is 0 Å². The van der Waals surface area contributed by atoms with E-state index < -0.39 is 18.1 Å². The van der Waals surface area contributed by atoms with Crippen LogP contribution in [0.15, 0.2) is 54.7 Å². The highest BCUT2D eigenvalue weighted by atomic mass is 16.6. The number of nitrogens with zero attached hydrogens (tertiary/aromatic N) is 2. The molecule has 0 bridgehead atoms. The van der Waals surface area contributed by atoms with E-state index in [1.807, 2.05) is 36.4 Å². The number of fused-ring (bicyclic) bond motifs is 4. The third kappa shape index (κ3) is 2.77. The predicted molar refractivity (Wildman–Crippen MR) is 104 cm³/mol. The normalized spacial score (nSPS) is 17.4. The van der Waals surface area contributed by atoms with E-state index in [9.17, 15) is 14.7 Å². The molecule has 2 heterocycles. The summed E-state index contributed by atoms with van der Waals surface area (Å²) in [5, 5.41) is 16.4. The van der Waals surface area contributed by atoms with Crippen LogP contribution in [-0.2, 0) is 16.0 Å². The highest BCUT2D eigenvalue weighted by Crippen LogP contribution is 2.44. The third-order valence-corrected chi connectivity index (χ3v) is 5.77. The number of carbonyl (C=O) groups is 2. The first-order valence-electron chi connectivity index (χ1n) is 9.51. The summed E-state index contributed by atoms with van der Waals surface area (Å²) in [6, 6.07) is 15.1. The van der Waals surface area contributed by atoms with Crippen LogP contribution in [0.2, 0.25) is 0 Å². The fraction of sp³-hybridized carbons (Fsp3) is 0.227. The van der Waals surface area contributed by atoms with Crippen LogP contribution in [-0.4, -0.2) is 45.4 Å². The van der Waals surface area contributed by atoms with Crippen molar-refractivity contribution in [2.45, 2.75) is 18.4 Å². The summed E-state index contributed by atoms with van der Waals surface area (Å²) in [6.07, 6.45) is 1.37. The summed E-state index contributed by atoms with van der Waals surface area (Å²) >= 11 is 0. The maximum absolute atomic E-state index is 12.8. The van der Waals surface area contributed by atoms with Crippen molar-refractivity contribution >= 4 is 12.1 Å². The van der Waals surface area contributed by atoms with Gasteiger partial charge in [0.05, 0.1) is 6.20 Å². The lowest BCUT2D eigenvalue weighted by Crippen LogP contribution is -2.43. The Kier molecular flexibility index (Phi) is 4.08. The molecule has 1 aromatic heterocycles. The van der Waals surface area contributed by atoms with Crippen LogP contribution in [0.5, 0.6) is 0 Å². The van der Waals surface area contributed by atoms with E-state index in [0.717, 1.165) is 27.9 Å². The molecule has 1 unspecified atom stereocenters. The number of aliphatic carboxylic acids is 1. The molecule has 0 spiro atoms. The van der Waals surface area contributed by atoms with Gasteiger partial charge in [-0.1, -0.05) is 48.5 Å². The average molecular weight is 389 g/mol. The lowest BCUT2D eigenvalue weighted by Gasteiger charge is -2.32. The monoisotopic (exact) mass is 389 g/mol. The first-order chi connectivity index (χ1) is 14.1. The number of nitrogens with one attached hydrogen (secondary N) is 1. The number of aromatic amines is 1. The number of hydrogen-bond acceptors (Lipinski definition) is 4. The van der Waals surface area contributed by atoms with Gasteiger partial charge in [0.25, 0.3) is 0 Å². The highest BCUT2D eigenvalue weighted by molar-refractivity contribution is 5.83. The van der Waals surface area contributed by atoms with E-state index in [1.54, 1.807) is 0 Å². The zero-order chi connectivity index (χ0) is 20.0. The number of ether oxygens (including phenoxy) is 1. The number of carbonyl (C=O) groups excluding carboxylic acids is 1. The molecule has 0 radical (unpaired) electrons. The Hall–Kier alpha value is -3.61. The molecule has 2 aliphatic rings. The second-order valence-electron chi connectivity index (χ2n) is 7.29. The second kappa shape index (κ2) is 6.77. The van der Waals surface area contributed by atoms with E-state index in [4.69, 9.17) is 4.74 Å². The maximum atomic E-state index is 12.8.